The maximum absolute atomic E-state index is 12.0. The molecule has 2 heterocycles. The predicted octanol–water partition coefficient (Wildman–Crippen LogP) is 7.01. The Hall–Kier alpha value is -2.95. The Labute approximate surface area is 370 Å². The summed E-state index contributed by atoms with van der Waals surface area (Å²) in [6.45, 7) is 33.1. The second-order valence-corrected chi connectivity index (χ2v) is 20.0. The van der Waals surface area contributed by atoms with E-state index in [-0.39, 0.29) is 89.0 Å². The van der Waals surface area contributed by atoms with Gasteiger partial charge in [0.25, 0.3) is 0 Å². The number of amides is 2. The summed E-state index contributed by atoms with van der Waals surface area (Å²) in [7, 11) is 0. The Kier molecular flexibility index (Phi) is 30.5. The molecule has 1 fully saturated rings. The molecule has 0 aliphatic carbocycles. The van der Waals surface area contributed by atoms with Crippen LogP contribution in [0.3, 0.4) is 0 Å². The molecule has 14 nitrogen and oxygen atoms in total. The first-order valence-corrected chi connectivity index (χ1v) is 23.6. The van der Waals surface area contributed by atoms with Crippen LogP contribution in [-0.2, 0) is 40.0 Å². The van der Waals surface area contributed by atoms with E-state index in [0.717, 1.165) is 22.9 Å². The Morgan fingerprint density at radius 3 is 1.67 bits per heavy atom. The standard InChI is InChI=1S/C13H22N2O3S.C11H19N3O.C10H19NO2.C10H21NOS/c1-7(2)12(17)9(14)6-19-10-5-11(16)15(8(3)4)13(10)18;1-8(2)11(15)6-5-10-7-14(9(3)4)13-12-10;1-7(2)9(5)11-13-6-10(12)8(3)4;1-7(2)5-13-6-9(11)10(12)8(3)4/h7-10H,5-6,14H2,1-4H3;7-9H,5-6H2,1-4H3;7-8H,6H2,1-5H3;7-9H,5-6,11H2,1-4H3. The van der Waals surface area contributed by atoms with Crippen molar-refractivity contribution in [1.29, 1.82) is 0 Å². The summed E-state index contributed by atoms with van der Waals surface area (Å²) < 4.78 is 1.81. The average Bonchev–Trinajstić information content (AvgIpc) is 3.75. The first kappa shape index (κ1) is 59.1. The van der Waals surface area contributed by atoms with E-state index in [0.29, 0.717) is 36.5 Å². The van der Waals surface area contributed by atoms with Gasteiger partial charge in [0.05, 0.1) is 28.7 Å². The third kappa shape index (κ3) is 25.1. The van der Waals surface area contributed by atoms with E-state index in [1.807, 2.05) is 87.0 Å². The number of Topliss-reactive ketones (excluding diaryl/α,β-unsaturated/α-hetero) is 4. The molecule has 2 rings (SSSR count). The van der Waals surface area contributed by atoms with Crippen molar-refractivity contribution >= 4 is 64.2 Å². The molecule has 1 aromatic heterocycles. The summed E-state index contributed by atoms with van der Waals surface area (Å²) in [4.78, 5) is 75.5. The van der Waals surface area contributed by atoms with E-state index in [4.69, 9.17) is 16.3 Å². The second-order valence-electron chi connectivity index (χ2n) is 17.7. The lowest BCUT2D eigenvalue weighted by Crippen LogP contribution is -2.38. The van der Waals surface area contributed by atoms with Crippen LogP contribution in [0, 0.1) is 35.5 Å². The fourth-order valence-electron chi connectivity index (χ4n) is 4.66. The van der Waals surface area contributed by atoms with Crippen LogP contribution in [-0.4, -0.2) is 108 Å². The van der Waals surface area contributed by atoms with Crippen LogP contribution in [0.4, 0.5) is 0 Å². The first-order chi connectivity index (χ1) is 27.6. The normalized spacial score (nSPS) is 15.3. The highest BCUT2D eigenvalue weighted by molar-refractivity contribution is 8.00. The van der Waals surface area contributed by atoms with E-state index in [1.54, 1.807) is 25.6 Å². The third-order valence-corrected chi connectivity index (χ3v) is 11.8. The summed E-state index contributed by atoms with van der Waals surface area (Å²) >= 11 is 3.08. The molecule has 0 aromatic carbocycles. The smallest absolute Gasteiger partial charge is 0.243 e. The van der Waals surface area contributed by atoms with Crippen molar-refractivity contribution in [1.82, 2.24) is 19.9 Å². The summed E-state index contributed by atoms with van der Waals surface area (Å²) in [6, 6.07) is -0.631. The van der Waals surface area contributed by atoms with Crippen LogP contribution >= 0.6 is 23.5 Å². The zero-order valence-corrected chi connectivity index (χ0v) is 41.6. The number of carbonyl (C=O) groups excluding carboxylic acids is 6. The molecule has 0 saturated carbocycles. The number of likely N-dealkylation sites (tertiary alicyclic amines) is 1. The van der Waals surface area contributed by atoms with Crippen LogP contribution in [0.25, 0.3) is 0 Å². The average molecular weight is 884 g/mol. The minimum atomic E-state index is -0.569. The van der Waals surface area contributed by atoms with Gasteiger partial charge in [-0.2, -0.15) is 11.8 Å². The van der Waals surface area contributed by atoms with Crippen LogP contribution in [0.15, 0.2) is 11.4 Å². The van der Waals surface area contributed by atoms with Gasteiger partial charge in [-0.3, -0.25) is 33.7 Å². The number of hydrogen-bond donors (Lipinski definition) is 2. The number of aryl methyl sites for hydroxylation is 1. The minimum Gasteiger partial charge on any atom is -0.388 e. The summed E-state index contributed by atoms with van der Waals surface area (Å²) in [5.41, 5.74) is 13.3. The van der Waals surface area contributed by atoms with Crippen LogP contribution in [0.5, 0.6) is 0 Å². The number of oxime groups is 1. The number of ketones is 4. The first-order valence-electron chi connectivity index (χ1n) is 21.4. The Balaban J connectivity index is 0. The molecule has 3 atom stereocenters. The van der Waals surface area contributed by atoms with E-state index in [1.165, 1.54) is 16.7 Å². The molecule has 1 aliphatic heterocycles. The van der Waals surface area contributed by atoms with E-state index >= 15 is 0 Å². The maximum atomic E-state index is 12.0. The minimum absolute atomic E-state index is 0.00927. The van der Waals surface area contributed by atoms with Gasteiger partial charge in [0.2, 0.25) is 11.8 Å². The largest absolute Gasteiger partial charge is 0.388 e. The SMILES string of the molecule is CC(=NOCC(=O)C(C)C)C(C)C.CC(C)C(=O)C(N)CSC1CC(=O)N(C(C)C)C1=O.CC(C)C(=O)CCc1cn(C(C)C)nn1.CC(C)CSCC(N)C(=O)C(C)C. The lowest BCUT2D eigenvalue weighted by atomic mass is 10.0. The molecule has 60 heavy (non-hydrogen) atoms. The number of nitrogens with zero attached hydrogens (tertiary/aromatic N) is 5. The van der Waals surface area contributed by atoms with Crippen molar-refractivity contribution in [3.63, 3.8) is 0 Å². The van der Waals surface area contributed by atoms with Crippen molar-refractivity contribution in [2.45, 2.75) is 166 Å². The third-order valence-electron chi connectivity index (χ3n) is 9.01. The Morgan fingerprint density at radius 2 is 1.27 bits per heavy atom. The van der Waals surface area contributed by atoms with Gasteiger partial charge in [0.15, 0.2) is 24.0 Å². The number of carbonyl (C=O) groups is 6. The maximum Gasteiger partial charge on any atom is 0.243 e. The number of imide groups is 1. The van der Waals surface area contributed by atoms with Gasteiger partial charge in [-0.15, -0.1) is 16.9 Å². The molecule has 1 aromatic rings. The molecule has 2 amide bonds. The van der Waals surface area contributed by atoms with Crippen molar-refractivity contribution in [3.8, 4) is 0 Å². The Morgan fingerprint density at radius 1 is 0.750 bits per heavy atom. The number of nitrogens with two attached hydrogens (primary N) is 2. The zero-order chi connectivity index (χ0) is 47.0. The van der Waals surface area contributed by atoms with Gasteiger partial charge in [-0.05, 0) is 52.2 Å². The highest BCUT2D eigenvalue weighted by Crippen LogP contribution is 2.27. The molecule has 16 heteroatoms. The van der Waals surface area contributed by atoms with Crippen molar-refractivity contribution < 1.29 is 33.6 Å². The predicted molar refractivity (Wildman–Crippen MR) is 248 cm³/mol. The van der Waals surface area contributed by atoms with Gasteiger partial charge in [-0.1, -0.05) is 93.5 Å². The molecule has 0 radical (unpaired) electrons. The zero-order valence-electron chi connectivity index (χ0n) is 39.9. The van der Waals surface area contributed by atoms with Gasteiger partial charge < -0.3 is 16.3 Å². The van der Waals surface area contributed by atoms with Crippen molar-refractivity contribution in [2.75, 3.05) is 23.9 Å². The topological polar surface area (TPSA) is 210 Å². The summed E-state index contributed by atoms with van der Waals surface area (Å²) in [5, 5.41) is 11.5. The van der Waals surface area contributed by atoms with Crippen LogP contribution in [0.1, 0.15) is 142 Å². The van der Waals surface area contributed by atoms with E-state index in [2.05, 4.69) is 43.2 Å². The fraction of sp³-hybridized carbons (Fsp3) is 0.795. The molecule has 346 valence electrons. The van der Waals surface area contributed by atoms with Gasteiger partial charge in [-0.25, -0.2) is 4.68 Å². The Bertz CT molecular complexity index is 1490. The number of aromatic nitrogens is 3. The van der Waals surface area contributed by atoms with Crippen molar-refractivity contribution in [2.24, 2.45) is 52.1 Å². The molecule has 3 unspecified atom stereocenters. The summed E-state index contributed by atoms with van der Waals surface area (Å²) in [6.07, 6.45) is 3.39. The van der Waals surface area contributed by atoms with Crippen molar-refractivity contribution in [3.05, 3.63) is 11.9 Å². The van der Waals surface area contributed by atoms with Gasteiger partial charge in [0.1, 0.15) is 5.78 Å². The number of rotatable bonds is 22. The molecule has 4 N–H and O–H groups in total. The quantitative estimate of drug-likeness (QED) is 0.0683. The lowest BCUT2D eigenvalue weighted by Gasteiger charge is -2.19. The summed E-state index contributed by atoms with van der Waals surface area (Å²) in [5.74, 6) is 3.60. The highest BCUT2D eigenvalue weighted by atomic mass is 32.2. The molecular formula is C44H81N7O7S2. The van der Waals surface area contributed by atoms with Crippen LogP contribution < -0.4 is 11.5 Å². The molecule has 0 spiro atoms. The van der Waals surface area contributed by atoms with Gasteiger partial charge in [0, 0.05) is 72.7 Å². The molecule has 1 saturated heterocycles. The second kappa shape index (κ2) is 31.0. The van der Waals surface area contributed by atoms with E-state index in [9.17, 15) is 28.8 Å². The molecule has 0 bridgehead atoms. The number of thioether (sulfide) groups is 2. The highest BCUT2D eigenvalue weighted by Gasteiger charge is 2.40. The molecular weight excluding hydrogens is 803 g/mol. The molecule has 1 aliphatic rings. The number of hydrogen-bond acceptors (Lipinski definition) is 14. The van der Waals surface area contributed by atoms with Crippen LogP contribution in [0.2, 0.25) is 0 Å². The lowest BCUT2D eigenvalue weighted by molar-refractivity contribution is -0.140. The monoisotopic (exact) mass is 884 g/mol. The van der Waals surface area contributed by atoms with E-state index < -0.39 is 6.04 Å². The van der Waals surface area contributed by atoms with Gasteiger partial charge >= 0.3 is 0 Å². The fourth-order valence-corrected chi connectivity index (χ4v) is 6.80.